The second-order valence-corrected chi connectivity index (χ2v) is 4.38. The smallest absolute Gasteiger partial charge is 0.138 e. The maximum Gasteiger partial charge on any atom is 0.138 e. The number of hydrogen-bond donors (Lipinski definition) is 1. The Kier molecular flexibility index (Phi) is 4.56. The largest absolute Gasteiger partial charge is 0.395 e. The predicted molar refractivity (Wildman–Crippen MR) is 71.3 cm³/mol. The first-order chi connectivity index (χ1) is 9.19. The fourth-order valence-electron chi connectivity index (χ4n) is 1.59. The Morgan fingerprint density at radius 3 is 2.95 bits per heavy atom. The molecule has 2 aromatic rings. The number of aromatic nitrogens is 2. The van der Waals surface area contributed by atoms with E-state index in [0.29, 0.717) is 23.6 Å². The average Bonchev–Trinajstić information content (AvgIpc) is 2.79. The third kappa shape index (κ3) is 3.82. The SMILES string of the molecule is OCCC#Cc1cc(Cn2cc(Cl)cn2)ccc1F. The van der Waals surface area contributed by atoms with Crippen LogP contribution < -0.4 is 0 Å². The van der Waals surface area contributed by atoms with Crippen LogP contribution in [0.1, 0.15) is 17.5 Å². The Morgan fingerprint density at radius 1 is 1.42 bits per heavy atom. The highest BCUT2D eigenvalue weighted by molar-refractivity contribution is 6.30. The average molecular weight is 279 g/mol. The lowest BCUT2D eigenvalue weighted by Crippen LogP contribution is -2.00. The van der Waals surface area contributed by atoms with Crippen molar-refractivity contribution in [3.8, 4) is 11.8 Å². The molecule has 0 radical (unpaired) electrons. The van der Waals surface area contributed by atoms with Gasteiger partial charge in [-0.1, -0.05) is 29.5 Å². The molecule has 0 aliphatic heterocycles. The van der Waals surface area contributed by atoms with E-state index in [0.717, 1.165) is 5.56 Å². The number of aliphatic hydroxyl groups excluding tert-OH is 1. The Bertz CT molecular complexity index is 628. The molecular weight excluding hydrogens is 267 g/mol. The van der Waals surface area contributed by atoms with Crippen molar-refractivity contribution in [2.75, 3.05) is 6.61 Å². The lowest BCUT2D eigenvalue weighted by molar-refractivity contribution is 0.305. The van der Waals surface area contributed by atoms with Gasteiger partial charge in [-0.2, -0.15) is 5.10 Å². The molecule has 5 heteroatoms. The summed E-state index contributed by atoms with van der Waals surface area (Å²) >= 11 is 5.78. The van der Waals surface area contributed by atoms with Crippen molar-refractivity contribution in [1.82, 2.24) is 9.78 Å². The lowest BCUT2D eigenvalue weighted by atomic mass is 10.1. The number of rotatable bonds is 3. The molecule has 98 valence electrons. The van der Waals surface area contributed by atoms with Crippen LogP contribution in [0.2, 0.25) is 5.02 Å². The Balaban J connectivity index is 2.19. The first-order valence-corrected chi connectivity index (χ1v) is 6.13. The van der Waals surface area contributed by atoms with Crippen LogP contribution in [0.25, 0.3) is 0 Å². The summed E-state index contributed by atoms with van der Waals surface area (Å²) in [5, 5.41) is 13.3. The van der Waals surface area contributed by atoms with Gasteiger partial charge in [0.1, 0.15) is 5.82 Å². The Labute approximate surface area is 115 Å². The van der Waals surface area contributed by atoms with Crippen molar-refractivity contribution < 1.29 is 9.50 Å². The fraction of sp³-hybridized carbons (Fsp3) is 0.214. The molecule has 0 aliphatic rings. The second kappa shape index (κ2) is 6.37. The minimum Gasteiger partial charge on any atom is -0.395 e. The molecule has 0 unspecified atom stereocenters. The number of hydrogen-bond acceptors (Lipinski definition) is 2. The van der Waals surface area contributed by atoms with Gasteiger partial charge in [-0.25, -0.2) is 4.39 Å². The summed E-state index contributed by atoms with van der Waals surface area (Å²) in [6, 6.07) is 4.74. The van der Waals surface area contributed by atoms with Gasteiger partial charge in [-0.15, -0.1) is 0 Å². The van der Waals surface area contributed by atoms with Crippen LogP contribution >= 0.6 is 11.6 Å². The molecule has 1 heterocycles. The fourth-order valence-corrected chi connectivity index (χ4v) is 1.75. The van der Waals surface area contributed by atoms with Crippen LogP contribution in [0.3, 0.4) is 0 Å². The molecule has 0 amide bonds. The molecule has 0 spiro atoms. The van der Waals surface area contributed by atoms with Crippen LogP contribution in [0.5, 0.6) is 0 Å². The van der Waals surface area contributed by atoms with E-state index in [9.17, 15) is 4.39 Å². The summed E-state index contributed by atoms with van der Waals surface area (Å²) < 4.78 is 15.2. The highest BCUT2D eigenvalue weighted by Gasteiger charge is 2.03. The van der Waals surface area contributed by atoms with Gasteiger partial charge in [-0.05, 0) is 17.7 Å². The predicted octanol–water partition coefficient (Wildman–Crippen LogP) is 2.46. The zero-order chi connectivity index (χ0) is 13.7. The molecule has 0 saturated heterocycles. The summed E-state index contributed by atoms with van der Waals surface area (Å²) in [7, 11) is 0. The molecule has 0 fully saturated rings. The van der Waals surface area contributed by atoms with Crippen LogP contribution in [0, 0.1) is 17.7 Å². The van der Waals surface area contributed by atoms with Crippen LogP contribution in [0.4, 0.5) is 4.39 Å². The first kappa shape index (κ1) is 13.6. The van der Waals surface area contributed by atoms with Gasteiger partial charge in [0, 0.05) is 12.6 Å². The summed E-state index contributed by atoms with van der Waals surface area (Å²) in [4.78, 5) is 0. The van der Waals surface area contributed by atoms with Crippen molar-refractivity contribution in [1.29, 1.82) is 0 Å². The molecular formula is C14H12ClFN2O. The first-order valence-electron chi connectivity index (χ1n) is 5.75. The minimum absolute atomic E-state index is 0.0277. The van der Waals surface area contributed by atoms with Crippen molar-refractivity contribution in [2.24, 2.45) is 0 Å². The molecule has 0 saturated carbocycles. The highest BCUT2D eigenvalue weighted by atomic mass is 35.5. The van der Waals surface area contributed by atoms with E-state index in [4.69, 9.17) is 16.7 Å². The monoisotopic (exact) mass is 278 g/mol. The van der Waals surface area contributed by atoms with E-state index in [1.165, 1.54) is 6.07 Å². The molecule has 3 nitrogen and oxygen atoms in total. The molecule has 19 heavy (non-hydrogen) atoms. The zero-order valence-corrected chi connectivity index (χ0v) is 10.9. The van der Waals surface area contributed by atoms with Gasteiger partial charge in [0.05, 0.1) is 29.9 Å². The molecule has 1 N–H and O–H groups in total. The zero-order valence-electron chi connectivity index (χ0n) is 10.1. The summed E-state index contributed by atoms with van der Waals surface area (Å²) in [5.41, 5.74) is 1.21. The van der Waals surface area contributed by atoms with E-state index in [1.807, 2.05) is 0 Å². The van der Waals surface area contributed by atoms with Gasteiger partial charge in [0.25, 0.3) is 0 Å². The van der Waals surface area contributed by atoms with Crippen LogP contribution in [-0.2, 0) is 6.54 Å². The van der Waals surface area contributed by atoms with Crippen molar-refractivity contribution in [3.05, 3.63) is 52.6 Å². The molecule has 0 aliphatic carbocycles. The maximum absolute atomic E-state index is 13.5. The number of halogens is 2. The summed E-state index contributed by atoms with van der Waals surface area (Å²) in [6.07, 6.45) is 3.58. The normalized spacial score (nSPS) is 10.1. The maximum atomic E-state index is 13.5. The van der Waals surface area contributed by atoms with Gasteiger partial charge in [0.2, 0.25) is 0 Å². The third-order valence-corrected chi connectivity index (χ3v) is 2.63. The number of benzene rings is 1. The Morgan fingerprint density at radius 2 is 2.26 bits per heavy atom. The highest BCUT2D eigenvalue weighted by Crippen LogP contribution is 2.12. The lowest BCUT2D eigenvalue weighted by Gasteiger charge is -2.03. The summed E-state index contributed by atoms with van der Waals surface area (Å²) in [5.74, 6) is 5.04. The van der Waals surface area contributed by atoms with Gasteiger partial charge >= 0.3 is 0 Å². The van der Waals surface area contributed by atoms with E-state index in [2.05, 4.69) is 16.9 Å². The van der Waals surface area contributed by atoms with Gasteiger partial charge in [-0.3, -0.25) is 4.68 Å². The quantitative estimate of drug-likeness (QED) is 0.876. The van der Waals surface area contributed by atoms with Crippen molar-refractivity contribution in [3.63, 3.8) is 0 Å². The standard InChI is InChI=1S/C14H12ClFN2O/c15-13-8-17-18(10-13)9-11-4-5-14(16)12(7-11)3-1-2-6-19/h4-5,7-8,10,19H,2,6,9H2. The van der Waals surface area contributed by atoms with Gasteiger partial charge in [0.15, 0.2) is 0 Å². The molecule has 1 aromatic heterocycles. The van der Waals surface area contributed by atoms with Crippen LogP contribution in [0.15, 0.2) is 30.6 Å². The number of nitrogens with zero attached hydrogens (tertiary/aromatic N) is 2. The topological polar surface area (TPSA) is 38.0 Å². The molecule has 2 rings (SSSR count). The Hall–Kier alpha value is -1.83. The molecule has 0 bridgehead atoms. The molecule has 0 atom stereocenters. The van der Waals surface area contributed by atoms with E-state index in [-0.39, 0.29) is 12.4 Å². The van der Waals surface area contributed by atoms with E-state index >= 15 is 0 Å². The van der Waals surface area contributed by atoms with E-state index in [1.54, 1.807) is 29.2 Å². The minimum atomic E-state index is -0.368. The second-order valence-electron chi connectivity index (χ2n) is 3.95. The third-order valence-electron chi connectivity index (χ3n) is 2.44. The summed E-state index contributed by atoms with van der Waals surface area (Å²) in [6.45, 7) is 0.474. The number of aliphatic hydroxyl groups is 1. The van der Waals surface area contributed by atoms with Crippen LogP contribution in [-0.4, -0.2) is 21.5 Å². The van der Waals surface area contributed by atoms with E-state index < -0.39 is 0 Å². The van der Waals surface area contributed by atoms with Crippen molar-refractivity contribution >= 4 is 11.6 Å². The van der Waals surface area contributed by atoms with Gasteiger partial charge < -0.3 is 5.11 Å². The van der Waals surface area contributed by atoms with Crippen molar-refractivity contribution in [2.45, 2.75) is 13.0 Å². The molecule has 1 aromatic carbocycles.